The fourth-order valence-electron chi connectivity index (χ4n) is 1.93. The van der Waals surface area contributed by atoms with Crippen LogP contribution in [0.3, 0.4) is 0 Å². The molecule has 2 aromatic carbocycles. The van der Waals surface area contributed by atoms with E-state index in [1.165, 1.54) is 5.56 Å². The Balaban J connectivity index is 2.32. The average molecular weight is 254 g/mol. The van der Waals surface area contributed by atoms with Crippen LogP contribution in [-0.4, -0.2) is 12.1 Å². The van der Waals surface area contributed by atoms with Crippen LogP contribution in [0.25, 0.3) is 11.1 Å². The summed E-state index contributed by atoms with van der Waals surface area (Å²) in [6.07, 6.45) is -0.102. The predicted molar refractivity (Wildman–Crippen MR) is 77.2 cm³/mol. The van der Waals surface area contributed by atoms with Gasteiger partial charge in [0.05, 0.1) is 11.7 Å². The van der Waals surface area contributed by atoms with E-state index >= 15 is 0 Å². The Hall–Kier alpha value is -2.09. The summed E-state index contributed by atoms with van der Waals surface area (Å²) >= 11 is 0. The number of hydrogen-bond acceptors (Lipinski definition) is 2. The van der Waals surface area contributed by atoms with Gasteiger partial charge in [0, 0.05) is 0 Å². The Morgan fingerprint density at radius 3 is 2.26 bits per heavy atom. The molecule has 2 rings (SSSR count). The largest absolute Gasteiger partial charge is 0.459 e. The highest BCUT2D eigenvalue weighted by atomic mass is 16.5. The van der Waals surface area contributed by atoms with Crippen LogP contribution < -0.4 is 0 Å². The fraction of sp³-hybridized carbons (Fsp3) is 0.235. The summed E-state index contributed by atoms with van der Waals surface area (Å²) in [5.41, 5.74) is 3.93. The van der Waals surface area contributed by atoms with Gasteiger partial charge in [0.2, 0.25) is 0 Å². The molecule has 2 nitrogen and oxygen atoms in total. The third-order valence-electron chi connectivity index (χ3n) is 2.79. The third kappa shape index (κ3) is 3.44. The van der Waals surface area contributed by atoms with Crippen molar-refractivity contribution in [1.82, 2.24) is 0 Å². The monoisotopic (exact) mass is 254 g/mol. The Morgan fingerprint density at radius 1 is 1.00 bits per heavy atom. The lowest BCUT2D eigenvalue weighted by Gasteiger charge is -2.09. The van der Waals surface area contributed by atoms with Crippen LogP contribution in [0, 0.1) is 6.92 Å². The van der Waals surface area contributed by atoms with E-state index < -0.39 is 0 Å². The molecule has 0 saturated carbocycles. The second kappa shape index (κ2) is 5.70. The first-order valence-electron chi connectivity index (χ1n) is 6.44. The van der Waals surface area contributed by atoms with Crippen molar-refractivity contribution in [3.05, 3.63) is 59.7 Å². The summed E-state index contributed by atoms with van der Waals surface area (Å²) in [6.45, 7) is 5.75. The molecule has 19 heavy (non-hydrogen) atoms. The predicted octanol–water partition coefficient (Wildman–Crippen LogP) is 4.23. The lowest BCUT2D eigenvalue weighted by Crippen LogP contribution is -2.11. The molecule has 0 saturated heterocycles. The van der Waals surface area contributed by atoms with Crippen LogP contribution in [0.2, 0.25) is 0 Å². The minimum Gasteiger partial charge on any atom is -0.459 e. The maximum atomic E-state index is 11.9. The lowest BCUT2D eigenvalue weighted by atomic mass is 10.0. The van der Waals surface area contributed by atoms with Crippen LogP contribution in [0.1, 0.15) is 29.8 Å². The molecular formula is C17H18O2. The quantitative estimate of drug-likeness (QED) is 0.766. The summed E-state index contributed by atoms with van der Waals surface area (Å²) in [4.78, 5) is 11.9. The van der Waals surface area contributed by atoms with Crippen molar-refractivity contribution >= 4 is 5.97 Å². The van der Waals surface area contributed by atoms with Gasteiger partial charge in [-0.25, -0.2) is 4.79 Å². The molecule has 0 bridgehead atoms. The smallest absolute Gasteiger partial charge is 0.338 e. The SMILES string of the molecule is Cc1cccc(-c2cccc(C(=O)OC(C)C)c2)c1. The Bertz CT molecular complexity index is 585. The standard InChI is InChI=1S/C17H18O2/c1-12(2)19-17(18)16-9-5-8-15(11-16)14-7-4-6-13(3)10-14/h4-12H,1-3H3. The normalized spacial score (nSPS) is 10.5. The molecule has 0 aliphatic rings. The minimum absolute atomic E-state index is 0.102. The van der Waals surface area contributed by atoms with Crippen molar-refractivity contribution in [1.29, 1.82) is 0 Å². The van der Waals surface area contributed by atoms with E-state index in [0.29, 0.717) is 5.56 Å². The zero-order valence-electron chi connectivity index (χ0n) is 11.5. The summed E-state index contributed by atoms with van der Waals surface area (Å²) in [6, 6.07) is 15.8. The molecule has 0 N–H and O–H groups in total. The Labute approximate surface area is 114 Å². The highest BCUT2D eigenvalue weighted by molar-refractivity contribution is 5.91. The molecule has 0 aliphatic carbocycles. The first-order chi connectivity index (χ1) is 9.06. The Morgan fingerprint density at radius 2 is 1.63 bits per heavy atom. The maximum absolute atomic E-state index is 11.9. The summed E-state index contributed by atoms with van der Waals surface area (Å²) in [5.74, 6) is -0.274. The minimum atomic E-state index is -0.274. The van der Waals surface area contributed by atoms with Crippen LogP contribution in [0.4, 0.5) is 0 Å². The number of aryl methyl sites for hydroxylation is 1. The van der Waals surface area contributed by atoms with Gasteiger partial charge >= 0.3 is 5.97 Å². The molecular weight excluding hydrogens is 236 g/mol. The van der Waals surface area contributed by atoms with Crippen molar-refractivity contribution in [2.75, 3.05) is 0 Å². The topological polar surface area (TPSA) is 26.3 Å². The van der Waals surface area contributed by atoms with E-state index in [1.54, 1.807) is 6.07 Å². The molecule has 98 valence electrons. The van der Waals surface area contributed by atoms with E-state index in [1.807, 2.05) is 44.2 Å². The number of ether oxygens (including phenoxy) is 1. The highest BCUT2D eigenvalue weighted by Gasteiger charge is 2.10. The van der Waals surface area contributed by atoms with Gasteiger partial charge in [-0.2, -0.15) is 0 Å². The van der Waals surface area contributed by atoms with E-state index in [2.05, 4.69) is 19.1 Å². The number of carbonyl (C=O) groups excluding carboxylic acids is 1. The molecule has 0 spiro atoms. The van der Waals surface area contributed by atoms with Crippen molar-refractivity contribution in [2.45, 2.75) is 26.9 Å². The maximum Gasteiger partial charge on any atom is 0.338 e. The van der Waals surface area contributed by atoms with E-state index in [9.17, 15) is 4.79 Å². The number of hydrogen-bond donors (Lipinski definition) is 0. The molecule has 0 heterocycles. The number of benzene rings is 2. The summed E-state index contributed by atoms with van der Waals surface area (Å²) in [7, 11) is 0. The van der Waals surface area contributed by atoms with Crippen molar-refractivity contribution in [3.63, 3.8) is 0 Å². The van der Waals surface area contributed by atoms with Gasteiger partial charge < -0.3 is 4.74 Å². The molecule has 0 aromatic heterocycles. The van der Waals surface area contributed by atoms with Crippen LogP contribution in [-0.2, 0) is 4.74 Å². The Kier molecular flexibility index (Phi) is 4.00. The molecule has 2 aromatic rings. The molecule has 0 fully saturated rings. The van der Waals surface area contributed by atoms with Crippen LogP contribution in [0.15, 0.2) is 48.5 Å². The van der Waals surface area contributed by atoms with Gasteiger partial charge in [0.15, 0.2) is 0 Å². The van der Waals surface area contributed by atoms with Gasteiger partial charge in [0.25, 0.3) is 0 Å². The number of carbonyl (C=O) groups is 1. The zero-order valence-corrected chi connectivity index (χ0v) is 11.5. The second-order valence-electron chi connectivity index (χ2n) is 4.90. The lowest BCUT2D eigenvalue weighted by molar-refractivity contribution is 0.0378. The van der Waals surface area contributed by atoms with E-state index in [4.69, 9.17) is 4.74 Å². The average Bonchev–Trinajstić information content (AvgIpc) is 2.38. The molecule has 0 radical (unpaired) electrons. The van der Waals surface area contributed by atoms with E-state index in [0.717, 1.165) is 11.1 Å². The molecule has 0 aliphatic heterocycles. The molecule has 2 heteroatoms. The number of esters is 1. The summed E-state index contributed by atoms with van der Waals surface area (Å²) < 4.78 is 5.21. The second-order valence-corrected chi connectivity index (χ2v) is 4.90. The van der Waals surface area contributed by atoms with Gasteiger partial charge in [-0.05, 0) is 44.0 Å². The first-order valence-corrected chi connectivity index (χ1v) is 6.44. The van der Waals surface area contributed by atoms with Crippen LogP contribution >= 0.6 is 0 Å². The first kappa shape index (κ1) is 13.3. The molecule has 0 atom stereocenters. The van der Waals surface area contributed by atoms with E-state index in [-0.39, 0.29) is 12.1 Å². The van der Waals surface area contributed by atoms with Crippen LogP contribution in [0.5, 0.6) is 0 Å². The van der Waals surface area contributed by atoms with Gasteiger partial charge in [-0.15, -0.1) is 0 Å². The number of rotatable bonds is 3. The molecule has 0 unspecified atom stereocenters. The molecule has 0 amide bonds. The van der Waals surface area contributed by atoms with Gasteiger partial charge in [0.1, 0.15) is 0 Å². The summed E-state index contributed by atoms with van der Waals surface area (Å²) in [5, 5.41) is 0. The van der Waals surface area contributed by atoms with Gasteiger partial charge in [-0.3, -0.25) is 0 Å². The van der Waals surface area contributed by atoms with Crippen molar-refractivity contribution < 1.29 is 9.53 Å². The van der Waals surface area contributed by atoms with Crippen molar-refractivity contribution in [3.8, 4) is 11.1 Å². The van der Waals surface area contributed by atoms with Gasteiger partial charge in [-0.1, -0.05) is 42.0 Å². The highest BCUT2D eigenvalue weighted by Crippen LogP contribution is 2.21. The fourth-order valence-corrected chi connectivity index (χ4v) is 1.93. The van der Waals surface area contributed by atoms with Crippen molar-refractivity contribution in [2.24, 2.45) is 0 Å². The third-order valence-corrected chi connectivity index (χ3v) is 2.79. The zero-order chi connectivity index (χ0) is 13.8.